The van der Waals surface area contributed by atoms with Gasteiger partial charge in [0.1, 0.15) is 17.8 Å². The van der Waals surface area contributed by atoms with Crippen molar-refractivity contribution in [3.05, 3.63) is 60.6 Å². The fraction of sp³-hybridized carbons (Fsp3) is 0.158. The number of hydrogen-bond acceptors (Lipinski definition) is 6. The van der Waals surface area contributed by atoms with Gasteiger partial charge in [-0.05, 0) is 36.9 Å². The molecule has 0 aliphatic carbocycles. The summed E-state index contributed by atoms with van der Waals surface area (Å²) in [5.74, 6) is 2.61. The Morgan fingerprint density at radius 3 is 2.80 bits per heavy atom. The van der Waals surface area contributed by atoms with Crippen LogP contribution in [0.1, 0.15) is 12.7 Å². The van der Waals surface area contributed by atoms with E-state index in [1.54, 1.807) is 17.7 Å². The number of aromatic nitrogens is 2. The summed E-state index contributed by atoms with van der Waals surface area (Å²) in [6.07, 6.45) is 1.59. The third kappa shape index (κ3) is 3.40. The summed E-state index contributed by atoms with van der Waals surface area (Å²) >= 11 is 1.63. The zero-order valence-electron chi connectivity index (χ0n) is 13.8. The van der Waals surface area contributed by atoms with Crippen LogP contribution in [0, 0.1) is 0 Å². The maximum Gasteiger partial charge on any atom is 0.151 e. The van der Waals surface area contributed by atoms with E-state index < -0.39 is 0 Å². The van der Waals surface area contributed by atoms with Crippen molar-refractivity contribution in [3.8, 4) is 10.6 Å². The maximum atomic E-state index is 5.94. The van der Waals surface area contributed by atoms with Crippen LogP contribution in [0.5, 0.6) is 0 Å². The molecule has 0 unspecified atom stereocenters. The number of furan rings is 1. The van der Waals surface area contributed by atoms with Gasteiger partial charge in [0.2, 0.25) is 0 Å². The zero-order valence-corrected chi connectivity index (χ0v) is 14.6. The molecule has 0 fully saturated rings. The summed E-state index contributed by atoms with van der Waals surface area (Å²) in [7, 11) is 0. The van der Waals surface area contributed by atoms with Gasteiger partial charge in [0, 0.05) is 5.69 Å². The SMILES string of the molecule is CCNCc1ccc(-c2cc3ncnc(Nc4ccccc4)c3s2)o1. The van der Waals surface area contributed by atoms with E-state index in [2.05, 4.69) is 27.5 Å². The lowest BCUT2D eigenvalue weighted by atomic mass is 10.3. The second-order valence-corrected chi connectivity index (χ2v) is 6.64. The van der Waals surface area contributed by atoms with Gasteiger partial charge in [0.25, 0.3) is 0 Å². The van der Waals surface area contributed by atoms with Crippen molar-refractivity contribution in [1.82, 2.24) is 15.3 Å². The highest BCUT2D eigenvalue weighted by Gasteiger charge is 2.13. The average Bonchev–Trinajstić information content (AvgIpc) is 3.28. The maximum absolute atomic E-state index is 5.94. The van der Waals surface area contributed by atoms with Crippen molar-refractivity contribution in [2.45, 2.75) is 13.5 Å². The third-order valence-corrected chi connectivity index (χ3v) is 4.95. The Morgan fingerprint density at radius 1 is 1.08 bits per heavy atom. The molecule has 25 heavy (non-hydrogen) atoms. The molecule has 4 rings (SSSR count). The minimum Gasteiger partial charge on any atom is -0.459 e. The molecule has 0 aliphatic heterocycles. The summed E-state index contributed by atoms with van der Waals surface area (Å²) < 4.78 is 6.96. The highest BCUT2D eigenvalue weighted by molar-refractivity contribution is 7.22. The molecule has 4 aromatic rings. The molecule has 0 saturated heterocycles. The zero-order chi connectivity index (χ0) is 17.1. The lowest BCUT2D eigenvalue weighted by Crippen LogP contribution is -2.10. The monoisotopic (exact) mass is 350 g/mol. The van der Waals surface area contributed by atoms with E-state index in [0.717, 1.165) is 51.2 Å². The number of nitrogens with one attached hydrogen (secondary N) is 2. The van der Waals surface area contributed by atoms with Crippen LogP contribution in [-0.2, 0) is 6.54 Å². The van der Waals surface area contributed by atoms with Crippen LogP contribution in [0.15, 0.2) is 59.3 Å². The standard InChI is InChI=1S/C19H18N4OS/c1-2-20-11-14-8-9-16(24-14)17-10-15-18(25-17)19(22-12-21-15)23-13-6-4-3-5-7-13/h3-10,12,20H,2,11H2,1H3,(H,21,22,23). The first-order valence-electron chi connectivity index (χ1n) is 8.20. The van der Waals surface area contributed by atoms with Gasteiger partial charge in [-0.1, -0.05) is 25.1 Å². The van der Waals surface area contributed by atoms with Crippen molar-refractivity contribution in [2.24, 2.45) is 0 Å². The van der Waals surface area contributed by atoms with Crippen LogP contribution >= 0.6 is 11.3 Å². The Labute approximate surface area is 149 Å². The average molecular weight is 350 g/mol. The summed E-state index contributed by atoms with van der Waals surface area (Å²) in [6, 6.07) is 16.1. The lowest BCUT2D eigenvalue weighted by Gasteiger charge is -2.05. The third-order valence-electron chi connectivity index (χ3n) is 3.80. The van der Waals surface area contributed by atoms with E-state index in [9.17, 15) is 0 Å². The van der Waals surface area contributed by atoms with Crippen LogP contribution < -0.4 is 10.6 Å². The van der Waals surface area contributed by atoms with Crippen molar-refractivity contribution in [1.29, 1.82) is 0 Å². The topological polar surface area (TPSA) is 63.0 Å². The first-order chi connectivity index (χ1) is 12.3. The fourth-order valence-corrected chi connectivity index (χ4v) is 3.59. The molecule has 0 atom stereocenters. The second-order valence-electron chi connectivity index (χ2n) is 5.58. The first kappa shape index (κ1) is 15.8. The van der Waals surface area contributed by atoms with Gasteiger partial charge in [-0.3, -0.25) is 0 Å². The molecule has 0 saturated carbocycles. The minimum atomic E-state index is 0.738. The molecular formula is C19H18N4OS. The molecule has 2 N–H and O–H groups in total. The van der Waals surface area contributed by atoms with Crippen molar-refractivity contribution < 1.29 is 4.42 Å². The lowest BCUT2D eigenvalue weighted by molar-refractivity contribution is 0.499. The smallest absolute Gasteiger partial charge is 0.151 e. The van der Waals surface area contributed by atoms with Gasteiger partial charge in [0.15, 0.2) is 5.82 Å². The Kier molecular flexibility index (Phi) is 4.45. The number of fused-ring (bicyclic) bond motifs is 1. The summed E-state index contributed by atoms with van der Waals surface area (Å²) in [5.41, 5.74) is 1.92. The quantitative estimate of drug-likeness (QED) is 0.523. The molecule has 0 radical (unpaired) electrons. The van der Waals surface area contributed by atoms with Gasteiger partial charge in [-0.2, -0.15) is 0 Å². The Hall–Kier alpha value is -2.70. The first-order valence-corrected chi connectivity index (χ1v) is 9.01. The largest absolute Gasteiger partial charge is 0.459 e. The van der Waals surface area contributed by atoms with E-state index in [0.29, 0.717) is 0 Å². The van der Waals surface area contributed by atoms with E-state index >= 15 is 0 Å². The number of nitrogens with zero attached hydrogens (tertiary/aromatic N) is 2. The molecule has 0 amide bonds. The van der Waals surface area contributed by atoms with Gasteiger partial charge in [-0.15, -0.1) is 11.3 Å². The number of rotatable bonds is 6. The Balaban J connectivity index is 1.66. The van der Waals surface area contributed by atoms with Crippen molar-refractivity contribution in [3.63, 3.8) is 0 Å². The molecule has 126 valence electrons. The summed E-state index contributed by atoms with van der Waals surface area (Å²) in [6.45, 7) is 3.74. The van der Waals surface area contributed by atoms with Gasteiger partial charge in [0.05, 0.1) is 21.6 Å². The van der Waals surface area contributed by atoms with Crippen molar-refractivity contribution >= 4 is 33.1 Å². The second kappa shape index (κ2) is 7.04. The summed E-state index contributed by atoms with van der Waals surface area (Å²) in [4.78, 5) is 9.84. The summed E-state index contributed by atoms with van der Waals surface area (Å²) in [5, 5.41) is 6.63. The highest BCUT2D eigenvalue weighted by Crippen LogP contribution is 2.37. The van der Waals surface area contributed by atoms with Gasteiger partial charge >= 0.3 is 0 Å². The Bertz CT molecular complexity index is 977. The predicted octanol–water partition coefficient (Wildman–Crippen LogP) is 4.80. The predicted molar refractivity (Wildman–Crippen MR) is 102 cm³/mol. The molecule has 1 aromatic carbocycles. The van der Waals surface area contributed by atoms with Crippen LogP contribution in [0.25, 0.3) is 20.9 Å². The van der Waals surface area contributed by atoms with E-state index in [1.807, 2.05) is 48.5 Å². The Morgan fingerprint density at radius 2 is 1.96 bits per heavy atom. The number of para-hydroxylation sites is 1. The van der Waals surface area contributed by atoms with E-state index in [4.69, 9.17) is 4.42 Å². The van der Waals surface area contributed by atoms with E-state index in [-0.39, 0.29) is 0 Å². The molecule has 6 heteroatoms. The van der Waals surface area contributed by atoms with Crippen LogP contribution in [0.2, 0.25) is 0 Å². The normalized spacial score (nSPS) is 11.1. The van der Waals surface area contributed by atoms with Gasteiger partial charge < -0.3 is 15.1 Å². The van der Waals surface area contributed by atoms with Crippen LogP contribution in [0.3, 0.4) is 0 Å². The molecule has 3 heterocycles. The van der Waals surface area contributed by atoms with Gasteiger partial charge in [-0.25, -0.2) is 9.97 Å². The van der Waals surface area contributed by atoms with Crippen LogP contribution in [0.4, 0.5) is 11.5 Å². The number of benzene rings is 1. The number of thiophene rings is 1. The molecule has 0 bridgehead atoms. The molecule has 5 nitrogen and oxygen atoms in total. The van der Waals surface area contributed by atoms with Crippen LogP contribution in [-0.4, -0.2) is 16.5 Å². The number of hydrogen-bond donors (Lipinski definition) is 2. The molecular weight excluding hydrogens is 332 g/mol. The molecule has 3 aromatic heterocycles. The number of anilines is 2. The molecule has 0 aliphatic rings. The fourth-order valence-electron chi connectivity index (χ4n) is 2.58. The minimum absolute atomic E-state index is 0.738. The van der Waals surface area contributed by atoms with Crippen molar-refractivity contribution in [2.75, 3.05) is 11.9 Å². The van der Waals surface area contributed by atoms with E-state index in [1.165, 1.54) is 0 Å². The molecule has 0 spiro atoms. The highest BCUT2D eigenvalue weighted by atomic mass is 32.1.